The fourth-order valence-electron chi connectivity index (χ4n) is 3.86. The van der Waals surface area contributed by atoms with Crippen molar-refractivity contribution in [3.63, 3.8) is 0 Å². The third-order valence-electron chi connectivity index (χ3n) is 5.50. The van der Waals surface area contributed by atoms with E-state index in [-0.39, 0.29) is 17.8 Å². The quantitative estimate of drug-likeness (QED) is 0.849. The van der Waals surface area contributed by atoms with Gasteiger partial charge in [0.1, 0.15) is 5.82 Å². The number of fused-ring (bicyclic) bond motifs is 1. The van der Waals surface area contributed by atoms with Crippen LogP contribution in [0, 0.1) is 17.7 Å². The lowest BCUT2D eigenvalue weighted by molar-refractivity contribution is 0.212. The summed E-state index contributed by atoms with van der Waals surface area (Å²) in [5, 5.41) is 2.36. The molecule has 3 rings (SSSR count). The highest BCUT2D eigenvalue weighted by Gasteiger charge is 2.46. The molecule has 0 unspecified atom stereocenters. The first-order valence-corrected chi connectivity index (χ1v) is 11.1. The smallest absolute Gasteiger partial charge is 0.321 e. The van der Waals surface area contributed by atoms with Gasteiger partial charge in [-0.1, -0.05) is 13.8 Å². The van der Waals surface area contributed by atoms with E-state index in [9.17, 15) is 17.6 Å². The van der Waals surface area contributed by atoms with Crippen LogP contribution in [0.25, 0.3) is 0 Å². The van der Waals surface area contributed by atoms with Crippen LogP contribution in [0.1, 0.15) is 33.1 Å². The van der Waals surface area contributed by atoms with Gasteiger partial charge in [0.25, 0.3) is 0 Å². The number of anilines is 1. The van der Waals surface area contributed by atoms with E-state index in [2.05, 4.69) is 19.2 Å². The molecule has 150 valence electrons. The summed E-state index contributed by atoms with van der Waals surface area (Å²) in [6.45, 7) is 6.28. The molecule has 1 N–H and O–H groups in total. The highest BCUT2D eigenvalue weighted by Crippen LogP contribution is 2.34. The normalized spacial score (nSPS) is 25.3. The van der Waals surface area contributed by atoms with Crippen LogP contribution < -0.4 is 5.32 Å². The second-order valence-corrected chi connectivity index (χ2v) is 10.0. The predicted octanol–water partition coefficient (Wildman–Crippen LogP) is 3.13. The fourth-order valence-corrected chi connectivity index (χ4v) is 6.11. The molecule has 27 heavy (non-hydrogen) atoms. The van der Waals surface area contributed by atoms with E-state index >= 15 is 0 Å². The SMILES string of the molecule is CC(C)CCN1C[C@@H]2CCN(C(=O)Nc3ccc(F)cc3)CC[C@@H]2S1(=O)=O. The molecule has 1 aromatic carbocycles. The number of nitrogens with zero attached hydrogens (tertiary/aromatic N) is 2. The molecule has 0 aromatic heterocycles. The zero-order valence-corrected chi connectivity index (χ0v) is 16.7. The van der Waals surface area contributed by atoms with Gasteiger partial charge in [-0.2, -0.15) is 0 Å². The monoisotopic (exact) mass is 397 g/mol. The Bertz CT molecular complexity index is 767. The minimum atomic E-state index is -3.29. The summed E-state index contributed by atoms with van der Waals surface area (Å²) in [7, 11) is -3.29. The van der Waals surface area contributed by atoms with Gasteiger partial charge in [0.05, 0.1) is 5.25 Å². The summed E-state index contributed by atoms with van der Waals surface area (Å²) < 4.78 is 40.4. The summed E-state index contributed by atoms with van der Waals surface area (Å²) in [6, 6.07) is 5.34. The molecule has 0 bridgehead atoms. The van der Waals surface area contributed by atoms with E-state index in [4.69, 9.17) is 0 Å². The Morgan fingerprint density at radius 1 is 1.22 bits per heavy atom. The lowest BCUT2D eigenvalue weighted by atomic mass is 10.0. The first-order valence-electron chi connectivity index (χ1n) is 9.58. The lowest BCUT2D eigenvalue weighted by Crippen LogP contribution is -2.37. The average molecular weight is 398 g/mol. The molecule has 0 saturated carbocycles. The second-order valence-electron chi connectivity index (χ2n) is 7.89. The van der Waals surface area contributed by atoms with E-state index in [1.165, 1.54) is 24.3 Å². The van der Waals surface area contributed by atoms with Gasteiger partial charge in [0.15, 0.2) is 0 Å². The maximum absolute atomic E-state index is 13.0. The molecule has 0 aliphatic carbocycles. The molecule has 6 nitrogen and oxygen atoms in total. The van der Waals surface area contributed by atoms with Crippen LogP contribution in [-0.4, -0.2) is 55.1 Å². The molecule has 1 aromatic rings. The van der Waals surface area contributed by atoms with Crippen molar-refractivity contribution >= 4 is 21.7 Å². The number of nitrogens with one attached hydrogen (secondary N) is 1. The van der Waals surface area contributed by atoms with Gasteiger partial charge in [-0.15, -0.1) is 0 Å². The van der Waals surface area contributed by atoms with Gasteiger partial charge in [-0.25, -0.2) is 21.9 Å². The number of hydrogen-bond donors (Lipinski definition) is 1. The summed E-state index contributed by atoms with van der Waals surface area (Å²) >= 11 is 0. The van der Waals surface area contributed by atoms with E-state index in [1.54, 1.807) is 9.21 Å². The van der Waals surface area contributed by atoms with Crippen molar-refractivity contribution in [2.45, 2.75) is 38.4 Å². The Hall–Kier alpha value is -1.67. The van der Waals surface area contributed by atoms with Gasteiger partial charge in [-0.05, 0) is 55.4 Å². The van der Waals surface area contributed by atoms with E-state index in [0.717, 1.165) is 6.42 Å². The Labute approximate surface area is 160 Å². The van der Waals surface area contributed by atoms with Gasteiger partial charge < -0.3 is 10.2 Å². The maximum Gasteiger partial charge on any atom is 0.321 e. The van der Waals surface area contributed by atoms with Crippen molar-refractivity contribution in [3.05, 3.63) is 30.1 Å². The summed E-state index contributed by atoms with van der Waals surface area (Å²) in [6.07, 6.45) is 2.01. The number of benzene rings is 1. The number of hydrogen-bond acceptors (Lipinski definition) is 3. The molecular weight excluding hydrogens is 369 g/mol. The number of sulfonamides is 1. The number of carbonyl (C=O) groups excluding carboxylic acids is 1. The first kappa shape index (κ1) is 20.1. The van der Waals surface area contributed by atoms with Gasteiger partial charge in [-0.3, -0.25) is 0 Å². The Balaban J connectivity index is 1.60. The van der Waals surface area contributed by atoms with Gasteiger partial charge in [0.2, 0.25) is 10.0 Å². The van der Waals surface area contributed by atoms with Crippen LogP contribution >= 0.6 is 0 Å². The Kier molecular flexibility index (Phi) is 6.05. The first-order chi connectivity index (χ1) is 12.8. The second kappa shape index (κ2) is 8.14. The fraction of sp³-hybridized carbons (Fsp3) is 0.632. The van der Waals surface area contributed by atoms with Crippen molar-refractivity contribution in [3.8, 4) is 0 Å². The molecule has 2 fully saturated rings. The maximum atomic E-state index is 13.0. The predicted molar refractivity (Wildman–Crippen MR) is 103 cm³/mol. The van der Waals surface area contributed by atoms with Crippen molar-refractivity contribution in [2.24, 2.45) is 11.8 Å². The van der Waals surface area contributed by atoms with Gasteiger partial charge >= 0.3 is 6.03 Å². The van der Waals surface area contributed by atoms with Crippen LogP contribution in [-0.2, 0) is 10.0 Å². The summed E-state index contributed by atoms with van der Waals surface area (Å²) in [5.74, 6) is 0.185. The molecule has 2 amide bonds. The Morgan fingerprint density at radius 3 is 2.56 bits per heavy atom. The lowest BCUT2D eigenvalue weighted by Gasteiger charge is -2.23. The summed E-state index contributed by atoms with van der Waals surface area (Å²) in [5.41, 5.74) is 0.526. The van der Waals surface area contributed by atoms with E-state index in [1.807, 2.05) is 0 Å². The van der Waals surface area contributed by atoms with Crippen molar-refractivity contribution in [1.29, 1.82) is 0 Å². The zero-order valence-electron chi connectivity index (χ0n) is 15.9. The molecule has 2 heterocycles. The van der Waals surface area contributed by atoms with Crippen molar-refractivity contribution < 1.29 is 17.6 Å². The number of likely N-dealkylation sites (tertiary alicyclic amines) is 1. The highest BCUT2D eigenvalue weighted by atomic mass is 32.2. The third kappa shape index (κ3) is 4.60. The van der Waals surface area contributed by atoms with Crippen molar-refractivity contribution in [2.75, 3.05) is 31.5 Å². The van der Waals surface area contributed by atoms with Gasteiger partial charge in [0, 0.05) is 31.9 Å². The van der Waals surface area contributed by atoms with Crippen LogP contribution in [0.2, 0.25) is 0 Å². The number of amides is 2. The zero-order chi connectivity index (χ0) is 19.6. The average Bonchev–Trinajstić information content (AvgIpc) is 2.75. The van der Waals surface area contributed by atoms with Crippen molar-refractivity contribution in [1.82, 2.24) is 9.21 Å². The van der Waals surface area contributed by atoms with Crippen LogP contribution in [0.4, 0.5) is 14.9 Å². The molecule has 2 aliphatic heterocycles. The number of urea groups is 1. The minimum absolute atomic E-state index is 0.0748. The standard InChI is InChI=1S/C19H28FN3O3S/c1-14(2)7-12-23-13-15-8-10-22(11-9-18(15)27(23,25)26)19(24)21-17-5-3-16(20)4-6-17/h3-6,14-15,18H,7-13H2,1-2H3,(H,21,24)/t15-,18-/m0/s1. The van der Waals surface area contributed by atoms with Crippen LogP contribution in [0.3, 0.4) is 0 Å². The van der Waals surface area contributed by atoms with E-state index in [0.29, 0.717) is 50.6 Å². The minimum Gasteiger partial charge on any atom is -0.324 e. The number of rotatable bonds is 4. The topological polar surface area (TPSA) is 69.7 Å². The van der Waals surface area contributed by atoms with Crippen LogP contribution in [0.5, 0.6) is 0 Å². The third-order valence-corrected chi connectivity index (χ3v) is 7.94. The Morgan fingerprint density at radius 2 is 1.89 bits per heavy atom. The molecule has 0 spiro atoms. The van der Waals surface area contributed by atoms with Crippen LogP contribution in [0.15, 0.2) is 24.3 Å². The molecule has 0 radical (unpaired) electrons. The molecule has 2 saturated heterocycles. The number of halogens is 1. The highest BCUT2D eigenvalue weighted by molar-refractivity contribution is 7.90. The number of carbonyl (C=O) groups is 1. The largest absolute Gasteiger partial charge is 0.324 e. The molecule has 8 heteroatoms. The molecular formula is C19H28FN3O3S. The van der Waals surface area contributed by atoms with E-state index < -0.39 is 15.3 Å². The molecule has 2 atom stereocenters. The molecule has 2 aliphatic rings. The summed E-state index contributed by atoms with van der Waals surface area (Å²) in [4.78, 5) is 14.2.